The first-order valence-corrected chi connectivity index (χ1v) is 7.98. The Morgan fingerprint density at radius 2 is 2.14 bits per heavy atom. The summed E-state index contributed by atoms with van der Waals surface area (Å²) >= 11 is -1.18. The molecule has 0 aliphatic heterocycles. The van der Waals surface area contributed by atoms with E-state index in [4.69, 9.17) is 0 Å². The second kappa shape index (κ2) is 6.63. The second-order valence-corrected chi connectivity index (χ2v) is 5.82. The number of carbonyl (C=O) groups excluding carboxylic acids is 1. The van der Waals surface area contributed by atoms with Crippen LogP contribution in [0, 0.1) is 0 Å². The first kappa shape index (κ1) is 16.1. The molecule has 1 atom stereocenters. The van der Waals surface area contributed by atoms with Gasteiger partial charge in [-0.1, -0.05) is 12.1 Å². The van der Waals surface area contributed by atoms with E-state index < -0.39 is 11.4 Å². The van der Waals surface area contributed by atoms with E-state index in [-0.39, 0.29) is 17.3 Å². The fourth-order valence-corrected chi connectivity index (χ4v) is 2.36. The minimum absolute atomic E-state index is 0.0232. The van der Waals surface area contributed by atoms with Gasteiger partial charge in [0.15, 0.2) is 5.82 Å². The predicted octanol–water partition coefficient (Wildman–Crippen LogP) is 1.11. The molecule has 1 aromatic heterocycles. The highest BCUT2D eigenvalue weighted by Crippen LogP contribution is 2.21. The van der Waals surface area contributed by atoms with Crippen molar-refractivity contribution in [3.05, 3.63) is 40.8 Å². The quantitative estimate of drug-likeness (QED) is 0.822. The minimum Gasteiger partial charge on any atom is -0.593 e. The van der Waals surface area contributed by atoms with Crippen molar-refractivity contribution in [2.45, 2.75) is 6.92 Å². The third-order valence-corrected chi connectivity index (χ3v) is 3.31. The van der Waals surface area contributed by atoms with E-state index in [0.717, 1.165) is 5.56 Å². The monoisotopic (exact) mass is 320 g/mol. The van der Waals surface area contributed by atoms with Gasteiger partial charge in [0.25, 0.3) is 5.56 Å². The zero-order valence-electron chi connectivity index (χ0n) is 12.4. The summed E-state index contributed by atoms with van der Waals surface area (Å²) in [6.07, 6.45) is 3.11. The Balaban J connectivity index is 2.46. The molecule has 0 aliphatic rings. The molecule has 22 heavy (non-hydrogen) atoms. The first-order chi connectivity index (χ1) is 10.4. The molecule has 1 amide bonds. The van der Waals surface area contributed by atoms with Crippen LogP contribution in [0.1, 0.15) is 6.92 Å². The summed E-state index contributed by atoms with van der Waals surface area (Å²) in [5, 5.41) is 2.42. The molecule has 1 aromatic carbocycles. The van der Waals surface area contributed by atoms with Crippen LogP contribution in [0.4, 0.5) is 11.5 Å². The van der Waals surface area contributed by atoms with Gasteiger partial charge < -0.3 is 14.4 Å². The van der Waals surface area contributed by atoms with E-state index in [0.29, 0.717) is 11.4 Å². The molecule has 8 heteroatoms. The third kappa shape index (κ3) is 3.86. The largest absolute Gasteiger partial charge is 0.593 e. The Labute approximate surface area is 130 Å². The van der Waals surface area contributed by atoms with Crippen molar-refractivity contribution in [2.24, 2.45) is 7.05 Å². The maximum absolute atomic E-state index is 11.9. The number of aryl methyl sites for hydroxylation is 1. The summed E-state index contributed by atoms with van der Waals surface area (Å²) in [6.45, 7) is 1.31. The fraction of sp³-hybridized carbons (Fsp3) is 0.214. The molecule has 1 heterocycles. The van der Waals surface area contributed by atoms with Crippen LogP contribution in [0.15, 0.2) is 35.3 Å². The number of nitrogens with one attached hydrogen (secondary N) is 2. The van der Waals surface area contributed by atoms with Gasteiger partial charge in [-0.15, -0.1) is 0 Å². The van der Waals surface area contributed by atoms with E-state index in [9.17, 15) is 14.1 Å². The predicted molar refractivity (Wildman–Crippen MR) is 86.9 cm³/mol. The molecule has 0 fully saturated rings. The number of nitrogens with zero attached hydrogens (tertiary/aromatic N) is 2. The molecule has 2 rings (SSSR count). The molecule has 2 N–H and O–H groups in total. The Morgan fingerprint density at radius 3 is 2.77 bits per heavy atom. The maximum atomic E-state index is 11.9. The normalized spacial score (nSPS) is 11.8. The van der Waals surface area contributed by atoms with Crippen LogP contribution in [-0.2, 0) is 23.2 Å². The van der Waals surface area contributed by atoms with Crippen molar-refractivity contribution >= 4 is 28.8 Å². The standard InChI is InChI=1S/C14H16N4O3S/c1-9(19)15-13-14(20)18(2)8-12(16-13)10-5-4-6-11(7-10)17-22(3)21/h4-8,17H,1-3H3,(H,15,16,19). The molecule has 7 nitrogen and oxygen atoms in total. The van der Waals surface area contributed by atoms with Gasteiger partial charge in [0, 0.05) is 25.7 Å². The molecule has 116 valence electrons. The van der Waals surface area contributed by atoms with E-state index in [1.807, 2.05) is 6.07 Å². The average molecular weight is 320 g/mol. The molecule has 0 saturated heterocycles. The Hall–Kier alpha value is -2.32. The van der Waals surface area contributed by atoms with Gasteiger partial charge in [0.2, 0.25) is 5.91 Å². The highest BCUT2D eigenvalue weighted by atomic mass is 32.2. The maximum Gasteiger partial charge on any atom is 0.293 e. The number of hydrogen-bond donors (Lipinski definition) is 2. The third-order valence-electron chi connectivity index (χ3n) is 2.79. The van der Waals surface area contributed by atoms with Crippen LogP contribution in [0.2, 0.25) is 0 Å². The number of benzene rings is 1. The lowest BCUT2D eigenvalue weighted by Gasteiger charge is -2.10. The second-order valence-electron chi connectivity index (χ2n) is 4.71. The Morgan fingerprint density at radius 1 is 1.41 bits per heavy atom. The highest BCUT2D eigenvalue weighted by Gasteiger charge is 2.10. The van der Waals surface area contributed by atoms with Crippen molar-refractivity contribution in [3.8, 4) is 11.3 Å². The van der Waals surface area contributed by atoms with E-state index in [1.54, 1.807) is 31.4 Å². The van der Waals surface area contributed by atoms with Crippen LogP contribution in [0.3, 0.4) is 0 Å². The lowest BCUT2D eigenvalue weighted by Crippen LogP contribution is -2.24. The van der Waals surface area contributed by atoms with Gasteiger partial charge in [0.05, 0.1) is 22.7 Å². The summed E-state index contributed by atoms with van der Waals surface area (Å²) in [6, 6.07) is 7.15. The van der Waals surface area contributed by atoms with Gasteiger partial charge in [0.1, 0.15) is 6.26 Å². The number of aromatic nitrogens is 2. The SMILES string of the molecule is CC(=O)Nc1nc(-c2cccc(N[S+](C)[O-])c2)cn(C)c1=O. The molecule has 0 aliphatic carbocycles. The van der Waals surface area contributed by atoms with Crippen molar-refractivity contribution in [1.29, 1.82) is 0 Å². The summed E-state index contributed by atoms with van der Waals surface area (Å²) < 4.78 is 15.4. The molecule has 0 bridgehead atoms. The number of hydrogen-bond acceptors (Lipinski definition) is 5. The minimum atomic E-state index is -1.18. The van der Waals surface area contributed by atoms with Crippen molar-refractivity contribution in [3.63, 3.8) is 0 Å². The van der Waals surface area contributed by atoms with E-state index in [1.165, 1.54) is 17.7 Å². The zero-order valence-corrected chi connectivity index (χ0v) is 13.2. The Kier molecular flexibility index (Phi) is 4.84. The van der Waals surface area contributed by atoms with Crippen LogP contribution < -0.4 is 15.6 Å². The summed E-state index contributed by atoms with van der Waals surface area (Å²) in [7, 11) is 1.59. The summed E-state index contributed by atoms with van der Waals surface area (Å²) in [5.74, 6) is -0.386. The molecule has 2 aromatic rings. The van der Waals surface area contributed by atoms with Crippen LogP contribution in [0.25, 0.3) is 11.3 Å². The zero-order chi connectivity index (χ0) is 16.3. The molecule has 0 saturated carbocycles. The fourth-order valence-electron chi connectivity index (χ4n) is 1.90. The molecule has 1 unspecified atom stereocenters. The lowest BCUT2D eigenvalue weighted by atomic mass is 10.1. The van der Waals surface area contributed by atoms with Gasteiger partial charge in [-0.2, -0.15) is 0 Å². The topological polar surface area (TPSA) is 99.1 Å². The van der Waals surface area contributed by atoms with E-state index in [2.05, 4.69) is 15.0 Å². The number of rotatable bonds is 4. The first-order valence-electron chi connectivity index (χ1n) is 6.42. The smallest absolute Gasteiger partial charge is 0.293 e. The van der Waals surface area contributed by atoms with Crippen LogP contribution in [-0.4, -0.2) is 26.3 Å². The van der Waals surface area contributed by atoms with Gasteiger partial charge in [-0.05, 0) is 12.1 Å². The number of anilines is 2. The van der Waals surface area contributed by atoms with Crippen LogP contribution >= 0.6 is 0 Å². The van der Waals surface area contributed by atoms with Crippen LogP contribution in [0.5, 0.6) is 0 Å². The molecule has 0 spiro atoms. The molecular formula is C14H16N4O3S. The Bertz CT molecular complexity index is 758. The summed E-state index contributed by atoms with van der Waals surface area (Å²) in [5.41, 5.74) is 1.55. The lowest BCUT2D eigenvalue weighted by molar-refractivity contribution is -0.114. The number of carbonyl (C=O) groups is 1. The average Bonchev–Trinajstić information content (AvgIpc) is 2.42. The molecule has 0 radical (unpaired) electrons. The molecular weight excluding hydrogens is 304 g/mol. The van der Waals surface area contributed by atoms with Crippen molar-refractivity contribution in [2.75, 3.05) is 16.3 Å². The van der Waals surface area contributed by atoms with Gasteiger partial charge in [-0.3, -0.25) is 9.59 Å². The van der Waals surface area contributed by atoms with Gasteiger partial charge in [-0.25, -0.2) is 9.71 Å². The van der Waals surface area contributed by atoms with E-state index >= 15 is 0 Å². The highest BCUT2D eigenvalue weighted by molar-refractivity contribution is 7.92. The summed E-state index contributed by atoms with van der Waals surface area (Å²) in [4.78, 5) is 27.3. The van der Waals surface area contributed by atoms with Gasteiger partial charge >= 0.3 is 0 Å². The van der Waals surface area contributed by atoms with Crippen molar-refractivity contribution in [1.82, 2.24) is 9.55 Å². The number of amides is 1. The van der Waals surface area contributed by atoms with Crippen molar-refractivity contribution < 1.29 is 9.35 Å².